The predicted molar refractivity (Wildman–Crippen MR) is 177 cm³/mol. The van der Waals surface area contributed by atoms with Crippen molar-refractivity contribution in [2.75, 3.05) is 31.8 Å². The first-order valence-corrected chi connectivity index (χ1v) is 16.2. The van der Waals surface area contributed by atoms with Crippen LogP contribution in [0.4, 0.5) is 23.2 Å². The zero-order chi connectivity index (χ0) is 35.1. The van der Waals surface area contributed by atoms with Gasteiger partial charge in [0.05, 0.1) is 5.56 Å². The number of alkyl halides is 3. The second-order valence-corrected chi connectivity index (χ2v) is 11.5. The second-order valence-electron chi connectivity index (χ2n) is 11.5. The summed E-state index contributed by atoms with van der Waals surface area (Å²) >= 11 is 0. The maximum absolute atomic E-state index is 12.8. The lowest BCUT2D eigenvalue weighted by atomic mass is 10.0. The third-order valence-corrected chi connectivity index (χ3v) is 6.84. The molecule has 0 radical (unpaired) electrons. The molecule has 2 unspecified atom stereocenters. The summed E-state index contributed by atoms with van der Waals surface area (Å²) < 4.78 is 60.1. The zero-order valence-corrected chi connectivity index (χ0v) is 28.7. The van der Waals surface area contributed by atoms with Gasteiger partial charge >= 0.3 is 12.1 Å². The summed E-state index contributed by atoms with van der Waals surface area (Å²) in [5, 5.41) is 8.38. The number of methoxy groups -OCH3 is 1. The average molecular weight is 658 g/mol. The van der Waals surface area contributed by atoms with Crippen molar-refractivity contribution in [3.63, 3.8) is 0 Å². The number of ketones is 1. The number of anilines is 1. The molecule has 6 nitrogen and oxygen atoms in total. The van der Waals surface area contributed by atoms with Crippen LogP contribution in [-0.4, -0.2) is 49.8 Å². The number of benzene rings is 2. The fourth-order valence-electron chi connectivity index (χ4n) is 4.02. The Morgan fingerprint density at radius 3 is 2.04 bits per heavy atom. The predicted octanol–water partition coefficient (Wildman–Crippen LogP) is 9.77. The molecule has 1 aliphatic carbocycles. The first-order valence-electron chi connectivity index (χ1n) is 16.2. The van der Waals surface area contributed by atoms with Crippen molar-refractivity contribution in [1.29, 1.82) is 0 Å². The van der Waals surface area contributed by atoms with E-state index in [1.165, 1.54) is 37.5 Å². The molecule has 46 heavy (non-hydrogen) atoms. The van der Waals surface area contributed by atoms with Gasteiger partial charge in [-0.25, -0.2) is 9.18 Å². The quantitative estimate of drug-likeness (QED) is 0.192. The van der Waals surface area contributed by atoms with Gasteiger partial charge in [0, 0.05) is 38.4 Å². The fraction of sp³-hybridized carbons (Fsp3) is 0.611. The first kappa shape index (κ1) is 42.9. The number of ether oxygens (including phenoxy) is 2. The van der Waals surface area contributed by atoms with Gasteiger partial charge in [0.2, 0.25) is 0 Å². The first-order chi connectivity index (χ1) is 21.7. The van der Waals surface area contributed by atoms with E-state index in [0.717, 1.165) is 56.7 Å². The molecule has 0 saturated heterocycles. The van der Waals surface area contributed by atoms with Crippen LogP contribution in [0.25, 0.3) is 0 Å². The Balaban J connectivity index is 0.000000642. The van der Waals surface area contributed by atoms with Crippen LogP contribution in [0, 0.1) is 11.7 Å². The van der Waals surface area contributed by atoms with Crippen LogP contribution in [0.2, 0.25) is 0 Å². The molecule has 262 valence electrons. The summed E-state index contributed by atoms with van der Waals surface area (Å²) in [6.45, 7) is 13.2. The minimum Gasteiger partial charge on any atom is -0.482 e. The number of carboxylic acid groups (broad SMARTS) is 1. The number of carbonyl (C=O) groups is 2. The van der Waals surface area contributed by atoms with Gasteiger partial charge in [-0.2, -0.15) is 13.2 Å². The summed E-state index contributed by atoms with van der Waals surface area (Å²) in [7, 11) is 1.71. The number of rotatable bonds is 15. The van der Waals surface area contributed by atoms with E-state index in [1.54, 1.807) is 21.0 Å². The van der Waals surface area contributed by atoms with Crippen LogP contribution < -0.4 is 9.64 Å². The number of aryl methyl sites for hydroxylation is 1. The van der Waals surface area contributed by atoms with Crippen molar-refractivity contribution in [3.8, 4) is 5.75 Å². The molecule has 0 heterocycles. The van der Waals surface area contributed by atoms with Gasteiger partial charge in [0.25, 0.3) is 0 Å². The molecule has 1 N–H and O–H groups in total. The standard InChI is InChI=1S/C13H20FN.C11H11F3O3.C9H18O2.C3H6/c1-4-10-15(11(3)5-2)13-8-6-12(14)7-9-13;1-2-7-3-8(11(12,13)14)5-9(4-7)17-6-10(15)16;1-8(7-11-3)5-4-6-9(2)10;1-2-3-1/h6-9,11H,4-5,10H2,1-3H3;3-5H,2,6H2,1H3,(H,15,16);8H,4-7H2,1-3H3;1-3H2. The summed E-state index contributed by atoms with van der Waals surface area (Å²) in [6, 6.07) is 10.5. The van der Waals surface area contributed by atoms with E-state index in [2.05, 4.69) is 32.6 Å². The van der Waals surface area contributed by atoms with Crippen molar-refractivity contribution in [2.24, 2.45) is 5.92 Å². The number of hydrogen-bond donors (Lipinski definition) is 1. The molecule has 1 fully saturated rings. The number of hydrogen-bond acceptors (Lipinski definition) is 5. The maximum Gasteiger partial charge on any atom is 0.416 e. The molecule has 2 aromatic carbocycles. The molecule has 0 aliphatic heterocycles. The fourth-order valence-corrected chi connectivity index (χ4v) is 4.02. The lowest BCUT2D eigenvalue weighted by molar-refractivity contribution is -0.139. The van der Waals surface area contributed by atoms with Gasteiger partial charge in [0.15, 0.2) is 6.61 Å². The monoisotopic (exact) mass is 657 g/mol. The van der Waals surface area contributed by atoms with E-state index in [9.17, 15) is 27.2 Å². The van der Waals surface area contributed by atoms with Crippen molar-refractivity contribution in [3.05, 3.63) is 59.4 Å². The summed E-state index contributed by atoms with van der Waals surface area (Å²) in [5.74, 6) is -0.618. The SMILES string of the molecule is C1CC1.CCCN(c1ccc(F)cc1)C(C)CC.CCc1cc(OCC(=O)O)cc(C(F)(F)F)c1.COCC(C)CCCC(C)=O. The summed E-state index contributed by atoms with van der Waals surface area (Å²) in [4.78, 5) is 23.1. The molecule has 2 atom stereocenters. The van der Waals surface area contributed by atoms with Crippen LogP contribution in [0.1, 0.15) is 104 Å². The Labute approximate surface area is 273 Å². The van der Waals surface area contributed by atoms with Gasteiger partial charge in [0.1, 0.15) is 17.3 Å². The Morgan fingerprint density at radius 2 is 1.61 bits per heavy atom. The Bertz CT molecular complexity index is 1100. The molecule has 1 aliphatic rings. The number of Topliss-reactive ketones (excluding diaryl/α,β-unsaturated/α-hetero) is 1. The molecule has 0 aromatic heterocycles. The molecular weight excluding hydrogens is 602 g/mol. The van der Waals surface area contributed by atoms with Crippen LogP contribution in [-0.2, 0) is 26.9 Å². The highest BCUT2D eigenvalue weighted by Crippen LogP contribution is 2.32. The van der Waals surface area contributed by atoms with E-state index in [4.69, 9.17) is 14.6 Å². The number of aliphatic carboxylic acids is 1. The Hall–Kier alpha value is -3.14. The van der Waals surface area contributed by atoms with E-state index in [-0.39, 0.29) is 17.3 Å². The van der Waals surface area contributed by atoms with Gasteiger partial charge in [-0.3, -0.25) is 0 Å². The lowest BCUT2D eigenvalue weighted by Gasteiger charge is -2.30. The Kier molecular flexibility index (Phi) is 22.4. The van der Waals surface area contributed by atoms with Gasteiger partial charge in [-0.15, -0.1) is 0 Å². The molecule has 0 bridgehead atoms. The van der Waals surface area contributed by atoms with Crippen LogP contribution in [0.15, 0.2) is 42.5 Å². The third kappa shape index (κ3) is 21.6. The number of carbonyl (C=O) groups excluding carboxylic acids is 1. The highest BCUT2D eigenvalue weighted by molar-refractivity contribution is 5.75. The molecule has 10 heteroatoms. The van der Waals surface area contributed by atoms with Crippen LogP contribution >= 0.6 is 0 Å². The van der Waals surface area contributed by atoms with Gasteiger partial charge in [-0.1, -0.05) is 47.0 Å². The summed E-state index contributed by atoms with van der Waals surface area (Å²) in [5.41, 5.74) is 0.727. The van der Waals surface area contributed by atoms with Crippen molar-refractivity contribution >= 4 is 17.4 Å². The number of halogens is 4. The van der Waals surface area contributed by atoms with E-state index in [1.807, 2.05) is 12.1 Å². The number of nitrogens with zero attached hydrogens (tertiary/aromatic N) is 1. The largest absolute Gasteiger partial charge is 0.482 e. The molecule has 2 aromatic rings. The Morgan fingerprint density at radius 1 is 1.00 bits per heavy atom. The lowest BCUT2D eigenvalue weighted by Crippen LogP contribution is -2.33. The molecule has 1 saturated carbocycles. The van der Waals surface area contributed by atoms with Gasteiger partial charge in [-0.05, 0) is 99.9 Å². The van der Waals surface area contributed by atoms with Crippen molar-refractivity contribution < 1.29 is 41.7 Å². The highest BCUT2D eigenvalue weighted by atomic mass is 19.4. The molecular formula is C36H55F4NO5. The van der Waals surface area contributed by atoms with Crippen molar-refractivity contribution in [2.45, 2.75) is 112 Å². The van der Waals surface area contributed by atoms with E-state index >= 15 is 0 Å². The maximum atomic E-state index is 12.8. The minimum atomic E-state index is -4.47. The number of carboxylic acids is 1. The minimum absolute atomic E-state index is 0.0842. The van der Waals surface area contributed by atoms with E-state index in [0.29, 0.717) is 30.4 Å². The molecule has 3 rings (SSSR count). The second kappa shape index (κ2) is 24.1. The average Bonchev–Trinajstić information content (AvgIpc) is 3.89. The topological polar surface area (TPSA) is 76.1 Å². The van der Waals surface area contributed by atoms with Crippen molar-refractivity contribution in [1.82, 2.24) is 0 Å². The molecule has 0 spiro atoms. The smallest absolute Gasteiger partial charge is 0.416 e. The zero-order valence-electron chi connectivity index (χ0n) is 28.7. The third-order valence-electron chi connectivity index (χ3n) is 6.84. The van der Waals surface area contributed by atoms with E-state index < -0.39 is 24.3 Å². The molecule has 0 amide bonds. The highest BCUT2D eigenvalue weighted by Gasteiger charge is 2.31. The van der Waals surface area contributed by atoms with Crippen LogP contribution in [0.5, 0.6) is 5.75 Å². The van der Waals surface area contributed by atoms with Crippen LogP contribution in [0.3, 0.4) is 0 Å². The normalized spacial score (nSPS) is 12.9. The summed E-state index contributed by atoms with van der Waals surface area (Å²) in [6.07, 6.45) is 5.47. The van der Waals surface area contributed by atoms with Gasteiger partial charge < -0.3 is 24.3 Å².